The molecule has 0 bridgehead atoms. The number of nitrogens with one attached hydrogen (secondary N) is 1. The summed E-state index contributed by atoms with van der Waals surface area (Å²) in [4.78, 5) is 15.4. The molecule has 1 amide bonds. The predicted octanol–water partition coefficient (Wildman–Crippen LogP) is 4.36. The summed E-state index contributed by atoms with van der Waals surface area (Å²) in [6.07, 6.45) is 5.15. The lowest BCUT2D eigenvalue weighted by molar-refractivity contribution is -0.136. The lowest BCUT2D eigenvalue weighted by Crippen LogP contribution is -2.44. The molecule has 2 N–H and O–H groups in total. The molecule has 2 aromatic rings. The number of carbonyl (C=O) groups is 1. The number of aliphatic hydroxyl groups is 1. The summed E-state index contributed by atoms with van der Waals surface area (Å²) in [7, 11) is 0. The fourth-order valence-electron chi connectivity index (χ4n) is 5.56. The van der Waals surface area contributed by atoms with Gasteiger partial charge in [0.05, 0.1) is 18.7 Å². The molecule has 1 saturated carbocycles. The number of benzene rings is 2. The Hall–Kier alpha value is -2.40. The standard InChI is InChI=1S/C24H27FN2O2/c25-18-7-3-6-16(12-18)17-8-9-21-20(13-17)23-19(22(14-28)26-21)10-11-27(23)24(29)15-4-1-2-5-15/h3,6-9,12-13,15,19,22-23,26,28H,1-2,4-5,10-11,14H2/t19-,22+,23-/m1/s1. The smallest absolute Gasteiger partial charge is 0.226 e. The molecular formula is C24H27FN2O2. The summed E-state index contributed by atoms with van der Waals surface area (Å²) in [5.41, 5.74) is 3.84. The van der Waals surface area contributed by atoms with Gasteiger partial charge in [0.25, 0.3) is 0 Å². The van der Waals surface area contributed by atoms with E-state index in [-0.39, 0.29) is 42.3 Å². The number of amides is 1. The summed E-state index contributed by atoms with van der Waals surface area (Å²) in [5.74, 6) is 0.359. The minimum atomic E-state index is -0.254. The molecule has 4 nitrogen and oxygen atoms in total. The zero-order chi connectivity index (χ0) is 20.0. The average molecular weight is 394 g/mol. The maximum Gasteiger partial charge on any atom is 0.226 e. The van der Waals surface area contributed by atoms with Gasteiger partial charge >= 0.3 is 0 Å². The number of anilines is 1. The normalized spacial score (nSPS) is 26.1. The van der Waals surface area contributed by atoms with E-state index >= 15 is 0 Å². The lowest BCUT2D eigenvalue weighted by Gasteiger charge is -2.40. The highest BCUT2D eigenvalue weighted by atomic mass is 19.1. The van der Waals surface area contributed by atoms with E-state index in [1.54, 1.807) is 12.1 Å². The van der Waals surface area contributed by atoms with Gasteiger partial charge in [-0.2, -0.15) is 0 Å². The molecule has 0 spiro atoms. The molecule has 3 atom stereocenters. The molecule has 5 heteroatoms. The van der Waals surface area contributed by atoms with Crippen LogP contribution in [0.15, 0.2) is 42.5 Å². The molecular weight excluding hydrogens is 367 g/mol. The molecule has 29 heavy (non-hydrogen) atoms. The summed E-state index contributed by atoms with van der Waals surface area (Å²) in [5, 5.41) is 13.4. The van der Waals surface area contributed by atoms with E-state index in [9.17, 15) is 14.3 Å². The van der Waals surface area contributed by atoms with Crippen LogP contribution < -0.4 is 5.32 Å². The Morgan fingerprint density at radius 1 is 1.10 bits per heavy atom. The molecule has 3 aliphatic rings. The molecule has 1 aliphatic carbocycles. The number of likely N-dealkylation sites (tertiary alicyclic amines) is 1. The average Bonchev–Trinajstić information content (AvgIpc) is 3.43. The molecule has 1 saturated heterocycles. The van der Waals surface area contributed by atoms with Crippen LogP contribution in [0.2, 0.25) is 0 Å². The number of halogens is 1. The minimum absolute atomic E-state index is 0.0231. The monoisotopic (exact) mass is 394 g/mol. The van der Waals surface area contributed by atoms with Crippen LogP contribution in [0.25, 0.3) is 11.1 Å². The molecule has 5 rings (SSSR count). The Balaban J connectivity index is 1.55. The summed E-state index contributed by atoms with van der Waals surface area (Å²) < 4.78 is 13.8. The van der Waals surface area contributed by atoms with Gasteiger partial charge in [-0.05, 0) is 60.2 Å². The van der Waals surface area contributed by atoms with Crippen molar-refractivity contribution < 1.29 is 14.3 Å². The van der Waals surface area contributed by atoms with Gasteiger partial charge in [0.1, 0.15) is 5.82 Å². The van der Waals surface area contributed by atoms with Crippen molar-refractivity contribution in [2.75, 3.05) is 18.5 Å². The van der Waals surface area contributed by atoms with Gasteiger partial charge in [-0.15, -0.1) is 0 Å². The Kier molecular flexibility index (Phi) is 4.78. The molecule has 2 aromatic carbocycles. The number of fused-ring (bicyclic) bond motifs is 3. The van der Waals surface area contributed by atoms with Crippen molar-refractivity contribution in [1.82, 2.24) is 4.90 Å². The topological polar surface area (TPSA) is 52.6 Å². The highest BCUT2D eigenvalue weighted by molar-refractivity contribution is 5.81. The predicted molar refractivity (Wildman–Crippen MR) is 111 cm³/mol. The molecule has 2 fully saturated rings. The van der Waals surface area contributed by atoms with Gasteiger partial charge in [0.15, 0.2) is 0 Å². The van der Waals surface area contributed by atoms with Crippen molar-refractivity contribution in [3.8, 4) is 11.1 Å². The van der Waals surface area contributed by atoms with Gasteiger partial charge in [0.2, 0.25) is 5.91 Å². The van der Waals surface area contributed by atoms with Gasteiger partial charge in [-0.1, -0.05) is 31.0 Å². The summed E-state index contributed by atoms with van der Waals surface area (Å²) >= 11 is 0. The van der Waals surface area contributed by atoms with Crippen molar-refractivity contribution in [2.24, 2.45) is 11.8 Å². The lowest BCUT2D eigenvalue weighted by atomic mass is 9.82. The second-order valence-electron chi connectivity index (χ2n) is 8.66. The third-order valence-corrected chi connectivity index (χ3v) is 7.01. The SMILES string of the molecule is O=C(C1CCCC1)N1CC[C@@H]2[C@H](CO)Nc3ccc(-c4cccc(F)c4)cc3[C@@H]21. The van der Waals surface area contributed by atoms with Gasteiger partial charge in [0, 0.05) is 24.1 Å². The molecule has 152 valence electrons. The van der Waals surface area contributed by atoms with Crippen LogP contribution in [0.1, 0.15) is 43.7 Å². The first-order valence-electron chi connectivity index (χ1n) is 10.7. The van der Waals surface area contributed by atoms with Crippen LogP contribution >= 0.6 is 0 Å². The fourth-order valence-corrected chi connectivity index (χ4v) is 5.56. The molecule has 2 aliphatic heterocycles. The Morgan fingerprint density at radius 2 is 1.90 bits per heavy atom. The van der Waals surface area contributed by atoms with E-state index in [1.807, 2.05) is 18.2 Å². The number of hydrogen-bond acceptors (Lipinski definition) is 3. The van der Waals surface area contributed by atoms with Crippen molar-refractivity contribution in [2.45, 2.75) is 44.2 Å². The zero-order valence-electron chi connectivity index (χ0n) is 16.5. The third-order valence-electron chi connectivity index (χ3n) is 7.01. The fraction of sp³-hybridized carbons (Fsp3) is 0.458. The third kappa shape index (κ3) is 3.21. The van der Waals surface area contributed by atoms with Crippen LogP contribution in [-0.2, 0) is 4.79 Å². The first kappa shape index (κ1) is 18.6. The highest BCUT2D eigenvalue weighted by Gasteiger charge is 2.47. The van der Waals surface area contributed by atoms with E-state index in [4.69, 9.17) is 0 Å². The molecule has 0 aromatic heterocycles. The second kappa shape index (κ2) is 7.45. The van der Waals surface area contributed by atoms with E-state index < -0.39 is 0 Å². The van der Waals surface area contributed by atoms with Crippen molar-refractivity contribution in [1.29, 1.82) is 0 Å². The molecule has 0 unspecified atom stereocenters. The first-order chi connectivity index (χ1) is 14.2. The van der Waals surface area contributed by atoms with Crippen LogP contribution in [-0.4, -0.2) is 35.1 Å². The number of aliphatic hydroxyl groups excluding tert-OH is 1. The number of hydrogen-bond donors (Lipinski definition) is 2. The summed E-state index contributed by atoms with van der Waals surface area (Å²) in [6, 6.07) is 12.6. The van der Waals surface area contributed by atoms with Gasteiger partial charge in [-0.3, -0.25) is 4.79 Å². The van der Waals surface area contributed by atoms with E-state index in [2.05, 4.69) is 16.3 Å². The van der Waals surface area contributed by atoms with Gasteiger partial charge in [-0.25, -0.2) is 4.39 Å². The molecule has 2 heterocycles. The van der Waals surface area contributed by atoms with E-state index in [0.717, 1.165) is 61.0 Å². The van der Waals surface area contributed by atoms with Crippen molar-refractivity contribution >= 4 is 11.6 Å². The maximum atomic E-state index is 13.8. The summed E-state index contributed by atoms with van der Waals surface area (Å²) in [6.45, 7) is 0.796. The van der Waals surface area contributed by atoms with Crippen LogP contribution in [0.5, 0.6) is 0 Å². The van der Waals surface area contributed by atoms with Crippen LogP contribution in [0, 0.1) is 17.7 Å². The van der Waals surface area contributed by atoms with Crippen molar-refractivity contribution in [3.63, 3.8) is 0 Å². The second-order valence-corrected chi connectivity index (χ2v) is 8.66. The zero-order valence-corrected chi connectivity index (χ0v) is 16.5. The van der Waals surface area contributed by atoms with E-state index in [1.165, 1.54) is 6.07 Å². The number of nitrogens with zero attached hydrogens (tertiary/aromatic N) is 1. The molecule has 0 radical (unpaired) electrons. The minimum Gasteiger partial charge on any atom is -0.394 e. The van der Waals surface area contributed by atoms with Gasteiger partial charge < -0.3 is 15.3 Å². The Morgan fingerprint density at radius 3 is 2.66 bits per heavy atom. The Bertz CT molecular complexity index is 925. The maximum absolute atomic E-state index is 13.8. The quantitative estimate of drug-likeness (QED) is 0.813. The van der Waals surface area contributed by atoms with E-state index in [0.29, 0.717) is 0 Å². The highest BCUT2D eigenvalue weighted by Crippen LogP contribution is 2.48. The first-order valence-corrected chi connectivity index (χ1v) is 10.7. The Labute approximate surface area is 170 Å². The number of rotatable bonds is 3. The van der Waals surface area contributed by atoms with Crippen LogP contribution in [0.4, 0.5) is 10.1 Å². The largest absolute Gasteiger partial charge is 0.394 e. The van der Waals surface area contributed by atoms with Crippen molar-refractivity contribution in [3.05, 3.63) is 53.8 Å². The van der Waals surface area contributed by atoms with Crippen LogP contribution in [0.3, 0.4) is 0 Å². The number of carbonyl (C=O) groups excluding carboxylic acids is 1.